The van der Waals surface area contributed by atoms with E-state index < -0.39 is 5.97 Å². The van der Waals surface area contributed by atoms with Crippen LogP contribution in [0.2, 0.25) is 0 Å². The Balaban J connectivity index is 0.000000934. The minimum atomic E-state index is -1.08. The highest BCUT2D eigenvalue weighted by Gasteiger charge is 2.17. The molecule has 0 bridgehead atoms. The highest BCUT2D eigenvalue weighted by molar-refractivity contribution is 7.18. The quantitative estimate of drug-likeness (QED) is 0.192. The molecule has 38 heavy (non-hydrogen) atoms. The van der Waals surface area contributed by atoms with Crippen LogP contribution >= 0.6 is 11.3 Å². The topological polar surface area (TPSA) is 75.2 Å². The lowest BCUT2D eigenvalue weighted by molar-refractivity contribution is -0.653. The molecule has 0 amide bonds. The number of aromatic nitrogens is 1. The lowest BCUT2D eigenvalue weighted by Crippen LogP contribution is -2.26. The first-order chi connectivity index (χ1) is 18.4. The second kappa shape index (κ2) is 14.6. The molecule has 1 heterocycles. The average molecular weight is 530 g/mol. The molecule has 0 unspecified atom stereocenters. The molecule has 0 fully saturated rings. The van der Waals surface area contributed by atoms with Gasteiger partial charge < -0.3 is 19.7 Å². The summed E-state index contributed by atoms with van der Waals surface area (Å²) in [7, 11) is 2.02. The summed E-state index contributed by atoms with van der Waals surface area (Å²) in [6, 6.07) is 29.5. The van der Waals surface area contributed by atoms with E-state index in [0.29, 0.717) is 0 Å². The Hall–Kier alpha value is -4.04. The molecule has 198 valence electrons. The van der Waals surface area contributed by atoms with Gasteiger partial charge in [0, 0.05) is 37.8 Å². The van der Waals surface area contributed by atoms with Gasteiger partial charge in [-0.15, -0.1) is 0 Å². The van der Waals surface area contributed by atoms with E-state index in [-0.39, 0.29) is 0 Å². The first-order valence-electron chi connectivity index (χ1n) is 12.7. The number of aliphatic carboxylic acids is 1. The zero-order valence-corrected chi connectivity index (χ0v) is 23.3. The van der Waals surface area contributed by atoms with Gasteiger partial charge in [0.1, 0.15) is 16.9 Å². The van der Waals surface area contributed by atoms with Gasteiger partial charge in [-0.25, -0.2) is 4.57 Å². The van der Waals surface area contributed by atoms with Crippen molar-refractivity contribution in [1.82, 2.24) is 0 Å². The molecule has 3 aromatic carbocycles. The van der Waals surface area contributed by atoms with Gasteiger partial charge in [0.25, 0.3) is 0 Å². The fourth-order valence-corrected chi connectivity index (χ4v) is 4.93. The van der Waals surface area contributed by atoms with Gasteiger partial charge >= 0.3 is 5.13 Å². The van der Waals surface area contributed by atoms with Gasteiger partial charge in [-0.3, -0.25) is 0 Å². The highest BCUT2D eigenvalue weighted by atomic mass is 32.1. The molecule has 0 aliphatic heterocycles. The number of aryl methyl sites for hydroxylation is 1. The molecule has 0 radical (unpaired) electrons. The Labute approximate surface area is 229 Å². The number of carboxylic acids is 1. The van der Waals surface area contributed by atoms with Crippen molar-refractivity contribution in [3.8, 4) is 0 Å². The van der Waals surface area contributed by atoms with Crippen molar-refractivity contribution < 1.29 is 14.5 Å². The molecule has 0 atom stereocenters. The first kappa shape index (κ1) is 28.5. The standard InChI is InChI=1S/C28H32N5S.C2H4O2/c1-4-32(5-2)27-22-31(3)28(34-27)30-29-25-16-18-26(19-17-25)33(20-23-12-8-6-9-13-23)21-24-14-10-7-11-15-24;1-2(3)4/h6-19,22H,4-5,20-21H2,1-3H3;1H3,(H,3,4)/q+1;/p-1. The van der Waals surface area contributed by atoms with Crippen LogP contribution in [0.25, 0.3) is 0 Å². The van der Waals surface area contributed by atoms with Crippen molar-refractivity contribution in [3.63, 3.8) is 0 Å². The maximum absolute atomic E-state index is 8.89. The molecule has 0 saturated carbocycles. The normalized spacial score (nSPS) is 10.6. The number of hydrogen-bond donors (Lipinski definition) is 0. The molecule has 1 aromatic heterocycles. The Morgan fingerprint density at radius 2 is 1.32 bits per heavy atom. The number of carboxylic acid groups (broad SMARTS) is 1. The zero-order chi connectivity index (χ0) is 27.3. The average Bonchev–Trinajstić information content (AvgIpc) is 3.29. The lowest BCUT2D eigenvalue weighted by Gasteiger charge is -2.25. The summed E-state index contributed by atoms with van der Waals surface area (Å²) in [5.41, 5.74) is 4.59. The van der Waals surface area contributed by atoms with E-state index in [1.807, 2.05) is 23.7 Å². The Kier molecular flexibility index (Phi) is 11.0. The Morgan fingerprint density at radius 3 is 1.79 bits per heavy atom. The van der Waals surface area contributed by atoms with E-state index in [9.17, 15) is 0 Å². The van der Waals surface area contributed by atoms with Crippen LogP contribution in [0, 0.1) is 0 Å². The predicted octanol–water partition coefficient (Wildman–Crippen LogP) is 5.80. The fourth-order valence-electron chi connectivity index (χ4n) is 3.86. The maximum atomic E-state index is 8.89. The molecular formula is C30H35N5O2S. The molecule has 4 aromatic rings. The second-order valence-electron chi connectivity index (χ2n) is 8.67. The van der Waals surface area contributed by atoms with Crippen LogP contribution < -0.4 is 19.5 Å². The minimum absolute atomic E-state index is 0.843. The van der Waals surface area contributed by atoms with Crippen LogP contribution in [-0.4, -0.2) is 19.1 Å². The summed E-state index contributed by atoms with van der Waals surface area (Å²) >= 11 is 1.67. The molecule has 7 nitrogen and oxygen atoms in total. The first-order valence-corrected chi connectivity index (χ1v) is 13.5. The van der Waals surface area contributed by atoms with Gasteiger partial charge in [-0.05, 0) is 72.6 Å². The minimum Gasteiger partial charge on any atom is -0.550 e. The van der Waals surface area contributed by atoms with E-state index in [2.05, 4.69) is 113 Å². The van der Waals surface area contributed by atoms with Gasteiger partial charge in [-0.2, -0.15) is 0 Å². The molecule has 0 N–H and O–H groups in total. The number of nitrogens with zero attached hydrogens (tertiary/aromatic N) is 5. The summed E-state index contributed by atoms with van der Waals surface area (Å²) in [5, 5.41) is 20.0. The van der Waals surface area contributed by atoms with E-state index in [1.165, 1.54) is 16.1 Å². The second-order valence-corrected chi connectivity index (χ2v) is 9.66. The Morgan fingerprint density at radius 1 is 0.816 bits per heavy atom. The van der Waals surface area contributed by atoms with Crippen LogP contribution in [0.3, 0.4) is 0 Å². The molecule has 0 spiro atoms. The summed E-state index contributed by atoms with van der Waals surface area (Å²) in [4.78, 5) is 13.6. The molecule has 0 aliphatic carbocycles. The highest BCUT2D eigenvalue weighted by Crippen LogP contribution is 2.29. The third kappa shape index (κ3) is 8.81. The van der Waals surface area contributed by atoms with Crippen molar-refractivity contribution in [3.05, 3.63) is 102 Å². The number of benzene rings is 3. The molecule has 4 rings (SSSR count). The number of hydrogen-bond acceptors (Lipinski definition) is 7. The SMILES string of the molecule is CC(=O)[O-].CCN(CC)c1c[n+](C)c(N=Nc2ccc(N(Cc3ccccc3)Cc3ccccc3)cc2)s1. The molecule has 8 heteroatoms. The van der Waals surface area contributed by atoms with Crippen molar-refractivity contribution >= 4 is 38.8 Å². The van der Waals surface area contributed by atoms with Crippen LogP contribution in [0.4, 0.5) is 21.5 Å². The van der Waals surface area contributed by atoms with Gasteiger partial charge in [0.2, 0.25) is 0 Å². The number of carbonyl (C=O) groups excluding carboxylic acids is 1. The number of thiazole rings is 1. The summed E-state index contributed by atoms with van der Waals surface area (Å²) < 4.78 is 2.04. The Bertz CT molecular complexity index is 1240. The van der Waals surface area contributed by atoms with Crippen molar-refractivity contribution in [2.45, 2.75) is 33.9 Å². The van der Waals surface area contributed by atoms with E-state index in [4.69, 9.17) is 9.90 Å². The molecule has 0 saturated heterocycles. The zero-order valence-electron chi connectivity index (χ0n) is 22.4. The third-order valence-electron chi connectivity index (χ3n) is 5.78. The van der Waals surface area contributed by atoms with Crippen molar-refractivity contribution in [2.24, 2.45) is 17.3 Å². The van der Waals surface area contributed by atoms with Crippen molar-refractivity contribution in [2.75, 3.05) is 22.9 Å². The fraction of sp³-hybridized carbons (Fsp3) is 0.267. The van der Waals surface area contributed by atoms with Gasteiger partial charge in [0.05, 0.1) is 12.2 Å². The smallest absolute Gasteiger partial charge is 0.410 e. The molecular weight excluding hydrogens is 494 g/mol. The lowest BCUT2D eigenvalue weighted by atomic mass is 10.1. The van der Waals surface area contributed by atoms with Crippen LogP contribution in [0.5, 0.6) is 0 Å². The predicted molar refractivity (Wildman–Crippen MR) is 153 cm³/mol. The number of azo groups is 1. The van der Waals surface area contributed by atoms with Gasteiger partial charge in [-0.1, -0.05) is 60.7 Å². The van der Waals surface area contributed by atoms with E-state index in [0.717, 1.165) is 49.6 Å². The van der Waals surface area contributed by atoms with Crippen LogP contribution in [0.15, 0.2) is 101 Å². The summed E-state index contributed by atoms with van der Waals surface area (Å²) in [6.07, 6.45) is 2.13. The largest absolute Gasteiger partial charge is 0.550 e. The monoisotopic (exact) mass is 529 g/mol. The molecule has 0 aliphatic rings. The van der Waals surface area contributed by atoms with Gasteiger partial charge in [0.15, 0.2) is 0 Å². The third-order valence-corrected chi connectivity index (χ3v) is 6.90. The summed E-state index contributed by atoms with van der Waals surface area (Å²) in [5.74, 6) is -1.08. The van der Waals surface area contributed by atoms with Crippen molar-refractivity contribution in [1.29, 1.82) is 0 Å². The maximum Gasteiger partial charge on any atom is 0.410 e. The van der Waals surface area contributed by atoms with Crippen LogP contribution in [-0.2, 0) is 24.9 Å². The number of rotatable bonds is 10. The number of anilines is 2. The van der Waals surface area contributed by atoms with E-state index >= 15 is 0 Å². The van der Waals surface area contributed by atoms with Crippen LogP contribution in [0.1, 0.15) is 31.9 Å². The number of carbonyl (C=O) groups is 1. The summed E-state index contributed by atoms with van der Waals surface area (Å²) in [6.45, 7) is 8.97. The van der Waals surface area contributed by atoms with E-state index in [1.54, 1.807) is 11.3 Å².